The number of nitrogens with zero attached hydrogens (tertiary/aromatic N) is 10. The zero-order valence-corrected chi connectivity index (χ0v) is 59.9. The summed E-state index contributed by atoms with van der Waals surface area (Å²) in [6.45, 7) is 16.3. The molecular formula is C77H96F3N13O8S. The average Bonchev–Trinajstić information content (AvgIpc) is 1.21. The molecule has 6 aromatic rings. The summed E-state index contributed by atoms with van der Waals surface area (Å²) in [4.78, 5) is 101. The number of thiazole rings is 1. The molecule has 544 valence electrons. The number of aromatic hydroxyl groups is 1. The molecule has 0 radical (unpaired) electrons. The fraction of sp³-hybridized carbons (Fsp3) is 0.571. The number of hydrogen-bond acceptors (Lipinski definition) is 17. The van der Waals surface area contributed by atoms with Crippen molar-refractivity contribution >= 4 is 68.4 Å². The lowest BCUT2D eigenvalue weighted by atomic mass is 9.85. The molecule has 13 rings (SSSR count). The van der Waals surface area contributed by atoms with E-state index in [9.17, 15) is 38.6 Å². The van der Waals surface area contributed by atoms with E-state index in [2.05, 4.69) is 46.5 Å². The molecule has 8 heterocycles. The van der Waals surface area contributed by atoms with Gasteiger partial charge in [-0.1, -0.05) is 95.5 Å². The first-order valence-corrected chi connectivity index (χ1v) is 37.6. The number of piperazine rings is 3. The number of carbonyl (C=O) groups is 5. The number of benzene rings is 3. The van der Waals surface area contributed by atoms with Crippen molar-refractivity contribution in [3.05, 3.63) is 88.7 Å². The van der Waals surface area contributed by atoms with Crippen LogP contribution in [0.1, 0.15) is 153 Å². The van der Waals surface area contributed by atoms with Crippen molar-refractivity contribution in [1.82, 2.24) is 60.4 Å². The maximum Gasteiger partial charge on any atom is 0.319 e. The number of terminal acetylenes is 1. The molecule has 5 N–H and O–H groups in total. The monoisotopic (exact) mass is 1420 g/mol. The van der Waals surface area contributed by atoms with Gasteiger partial charge in [0.05, 0.1) is 52.2 Å². The molecule has 25 heteroatoms. The maximum atomic E-state index is 17.2. The maximum absolute atomic E-state index is 17.2. The number of hydrogen-bond donors (Lipinski definition) is 5. The van der Waals surface area contributed by atoms with Crippen LogP contribution < -0.4 is 25.6 Å². The number of ether oxygens (including phenoxy) is 1. The van der Waals surface area contributed by atoms with Crippen LogP contribution in [0.3, 0.4) is 0 Å². The van der Waals surface area contributed by atoms with E-state index in [1.54, 1.807) is 37.4 Å². The van der Waals surface area contributed by atoms with E-state index in [1.807, 2.05) is 36.1 Å². The van der Waals surface area contributed by atoms with Gasteiger partial charge < -0.3 is 60.3 Å². The van der Waals surface area contributed by atoms with Gasteiger partial charge in [-0.3, -0.25) is 29.0 Å². The minimum Gasteiger partial charge on any atom is -0.508 e. The number of phenols is 1. The SMILES string of the molecule is C#Cc1c(F)ccc2cc(O)cc(-c3ncc4c(N5CC6CCC(C5)N6)nc(OCC5(CN6CCN(CCCCCCCCCCC(=O)N7CCN(C(=O)C[C@H](NC(=O)C8C[C@@H](O)CN8C(=O)[C@@H](NC(=O)C8(F)CC8)C(C)(C)C)c8ccc(-c9scnc9C)cc8)CC7)CC6)CC5)nc4c3F)c12. The van der Waals surface area contributed by atoms with Crippen LogP contribution in [0, 0.1) is 41.7 Å². The predicted octanol–water partition coefficient (Wildman–Crippen LogP) is 9.38. The first kappa shape index (κ1) is 72.3. The number of alkyl halides is 1. The largest absolute Gasteiger partial charge is 0.508 e. The number of aliphatic hydroxyl groups is 1. The zero-order chi connectivity index (χ0) is 71.6. The van der Waals surface area contributed by atoms with Gasteiger partial charge in [-0.15, -0.1) is 17.8 Å². The molecular weight excluding hydrogens is 1320 g/mol. The number of amides is 5. The Hall–Kier alpha value is -8.02. The Morgan fingerprint density at radius 3 is 2.13 bits per heavy atom. The van der Waals surface area contributed by atoms with E-state index in [1.165, 1.54) is 53.3 Å². The zero-order valence-electron chi connectivity index (χ0n) is 59.1. The molecule has 6 atom stereocenters. The number of rotatable bonds is 27. The Balaban J connectivity index is 0.522. The number of aryl methyl sites for hydroxylation is 1. The Morgan fingerprint density at radius 2 is 1.48 bits per heavy atom. The van der Waals surface area contributed by atoms with Gasteiger partial charge in [-0.25, -0.2) is 18.2 Å². The van der Waals surface area contributed by atoms with E-state index in [0.29, 0.717) is 74.5 Å². The molecule has 5 amide bonds. The van der Waals surface area contributed by atoms with E-state index >= 15 is 8.78 Å². The number of likely N-dealkylation sites (tertiary alicyclic amines) is 1. The van der Waals surface area contributed by atoms with Gasteiger partial charge in [-0.05, 0) is 105 Å². The molecule has 2 aliphatic carbocycles. The number of β-amino-alcohol motifs (C(OH)–C–C–N with tert-alkyl or cyclic N) is 1. The number of fused-ring (bicyclic) bond motifs is 4. The minimum absolute atomic E-state index is 0.0330. The Bertz CT molecular complexity index is 4110. The molecule has 7 aliphatic rings. The van der Waals surface area contributed by atoms with Crippen molar-refractivity contribution in [1.29, 1.82) is 0 Å². The summed E-state index contributed by atoms with van der Waals surface area (Å²) in [6, 6.07) is 10.7. The van der Waals surface area contributed by atoms with Crippen LogP contribution in [0.25, 0.3) is 43.4 Å². The van der Waals surface area contributed by atoms with Crippen LogP contribution in [0.2, 0.25) is 0 Å². The van der Waals surface area contributed by atoms with Gasteiger partial charge >= 0.3 is 6.01 Å². The molecule has 5 saturated heterocycles. The van der Waals surface area contributed by atoms with Gasteiger partial charge in [0.25, 0.3) is 5.91 Å². The first-order valence-electron chi connectivity index (χ1n) is 36.7. The molecule has 5 aliphatic heterocycles. The summed E-state index contributed by atoms with van der Waals surface area (Å²) in [5.74, 6) is -0.664. The molecule has 2 bridgehead atoms. The van der Waals surface area contributed by atoms with Crippen molar-refractivity contribution in [2.75, 3.05) is 96.6 Å². The van der Waals surface area contributed by atoms with Crippen LogP contribution in [0.4, 0.5) is 19.0 Å². The van der Waals surface area contributed by atoms with Gasteiger partial charge in [0, 0.05) is 126 Å². The highest BCUT2D eigenvalue weighted by Crippen LogP contribution is 2.47. The number of aromatic nitrogens is 4. The van der Waals surface area contributed by atoms with Crippen LogP contribution in [-0.4, -0.2) is 212 Å². The normalized spacial score (nSPS) is 21.6. The lowest BCUT2D eigenvalue weighted by Crippen LogP contribution is -2.59. The standard InChI is InChI=1S/C77H96F3N13O8S/c1-6-56-59(78)23-20-51-37-54(94)38-57(64(51)56)66-65(79)67-58(41-81-66)70(92-42-52-21-22-53(43-92)83-52)87-74(85-67)101-46-76(24-25-76)45-89-31-29-88(30-32-89)28-14-12-10-8-7-9-11-13-15-62(96)90-33-35-91(36-34-90)63(97)40-60(49-16-18-50(19-17-49)68-48(2)82-47-102-68)84-71(98)61-39-55(95)44-93(61)72(99)69(75(3,4)5)86-73(100)77(80)26-27-77/h1,16-20,23,37-38,41,47,52-53,55,60-61,69,83,94-95H,7-15,21-22,24-36,39-40,42-46H2,2-5H3,(H,84,98)(H,86,100)/t52?,53?,55-,60+,61?,69-/m1/s1. The second-order valence-electron chi connectivity index (χ2n) is 30.7. The number of phenolic OH excluding ortho intramolecular Hbond substituents is 1. The highest BCUT2D eigenvalue weighted by Gasteiger charge is 2.54. The molecule has 3 aromatic heterocycles. The fourth-order valence-electron chi connectivity index (χ4n) is 15.6. The number of nitrogens with one attached hydrogen (secondary N) is 3. The van der Waals surface area contributed by atoms with Gasteiger partial charge in [0.2, 0.25) is 23.6 Å². The summed E-state index contributed by atoms with van der Waals surface area (Å²) in [5.41, 5.74) is 1.38. The summed E-state index contributed by atoms with van der Waals surface area (Å²) in [6.07, 6.45) is 19.6. The second-order valence-corrected chi connectivity index (χ2v) is 31.6. The van der Waals surface area contributed by atoms with Crippen molar-refractivity contribution in [3.63, 3.8) is 0 Å². The first-order chi connectivity index (χ1) is 49.0. The molecule has 2 saturated carbocycles. The van der Waals surface area contributed by atoms with Crippen molar-refractivity contribution in [2.24, 2.45) is 10.8 Å². The lowest BCUT2D eigenvalue weighted by molar-refractivity contribution is -0.145. The van der Waals surface area contributed by atoms with Crippen LogP contribution in [-0.2, 0) is 24.0 Å². The fourth-order valence-corrected chi connectivity index (χ4v) is 16.5. The third kappa shape index (κ3) is 16.5. The number of unbranched alkanes of at least 4 members (excludes halogenated alkanes) is 7. The molecule has 7 fully saturated rings. The lowest BCUT2D eigenvalue weighted by Gasteiger charge is -2.36. The molecule has 21 nitrogen and oxygen atoms in total. The third-order valence-electron chi connectivity index (χ3n) is 22.1. The third-order valence-corrected chi connectivity index (χ3v) is 23.0. The van der Waals surface area contributed by atoms with E-state index in [4.69, 9.17) is 21.1 Å². The van der Waals surface area contributed by atoms with E-state index in [0.717, 1.165) is 120 Å². The predicted molar refractivity (Wildman–Crippen MR) is 385 cm³/mol. The van der Waals surface area contributed by atoms with E-state index < -0.39 is 64.7 Å². The smallest absolute Gasteiger partial charge is 0.319 e. The summed E-state index contributed by atoms with van der Waals surface area (Å²) >= 11 is 1.51. The average molecular weight is 1420 g/mol. The highest BCUT2D eigenvalue weighted by atomic mass is 32.1. The van der Waals surface area contributed by atoms with Gasteiger partial charge in [0.1, 0.15) is 40.7 Å². The number of pyridine rings is 1. The summed E-state index contributed by atoms with van der Waals surface area (Å²) < 4.78 is 53.7. The number of anilines is 1. The van der Waals surface area contributed by atoms with Gasteiger partial charge in [0.15, 0.2) is 11.5 Å². The van der Waals surface area contributed by atoms with Crippen molar-refractivity contribution < 1.29 is 52.1 Å². The van der Waals surface area contributed by atoms with Crippen LogP contribution in [0.5, 0.6) is 11.8 Å². The molecule has 3 aromatic carbocycles. The van der Waals surface area contributed by atoms with Crippen LogP contribution in [0.15, 0.2) is 60.2 Å². The molecule has 102 heavy (non-hydrogen) atoms. The quantitative estimate of drug-likeness (QED) is 0.0238. The van der Waals surface area contributed by atoms with Crippen molar-refractivity contribution in [3.8, 4) is 45.8 Å². The number of aliphatic hydroxyl groups excluding tert-OH is 1. The van der Waals surface area contributed by atoms with Crippen LogP contribution >= 0.6 is 11.3 Å². The Morgan fingerprint density at radius 1 is 0.814 bits per heavy atom. The van der Waals surface area contributed by atoms with Crippen molar-refractivity contribution in [2.45, 2.75) is 179 Å². The topological polar surface area (TPSA) is 242 Å². The Kier molecular flexibility index (Phi) is 21.8. The molecule has 0 spiro atoms. The number of carbonyl (C=O) groups excluding carboxylic acids is 5. The van der Waals surface area contributed by atoms with E-state index in [-0.39, 0.29) is 101 Å². The Labute approximate surface area is 598 Å². The second kappa shape index (κ2) is 30.7. The molecule has 3 unspecified atom stereocenters. The summed E-state index contributed by atoms with van der Waals surface area (Å²) in [7, 11) is 0. The summed E-state index contributed by atoms with van der Waals surface area (Å²) in [5, 5.41) is 32.1. The highest BCUT2D eigenvalue weighted by molar-refractivity contribution is 7.13. The van der Waals surface area contributed by atoms with Gasteiger partial charge in [-0.2, -0.15) is 9.97 Å². The number of halogens is 3. The minimum atomic E-state index is -2.02.